The molecule has 0 fully saturated rings. The Labute approximate surface area is 180 Å². The molecule has 0 N–H and O–H groups in total. The van der Waals surface area contributed by atoms with Gasteiger partial charge in [0.05, 0.1) is 14.2 Å². The summed E-state index contributed by atoms with van der Waals surface area (Å²) in [6, 6.07) is 4.21. The van der Waals surface area contributed by atoms with Crippen LogP contribution >= 0.6 is 31.9 Å². The second-order valence-electron chi connectivity index (χ2n) is 6.89. The van der Waals surface area contributed by atoms with E-state index < -0.39 is 0 Å². The van der Waals surface area contributed by atoms with E-state index in [0.717, 1.165) is 35.9 Å². The molecule has 0 aromatic heterocycles. The number of allylic oxidation sites excluding steroid dienone is 4. The minimum absolute atomic E-state index is 0.536. The number of methoxy groups -OCH3 is 2. The molecule has 0 radical (unpaired) electrons. The van der Waals surface area contributed by atoms with Crippen LogP contribution < -0.4 is 4.74 Å². The first-order valence-electron chi connectivity index (χ1n) is 9.47. The predicted octanol–water partition coefficient (Wildman–Crippen LogP) is 7.13. The number of fused-ring (bicyclic) bond motifs is 1. The number of rotatable bonds is 9. The van der Waals surface area contributed by atoms with E-state index in [0.29, 0.717) is 17.6 Å². The van der Waals surface area contributed by atoms with Gasteiger partial charge in [0.15, 0.2) is 5.76 Å². The van der Waals surface area contributed by atoms with Crippen LogP contribution in [-0.2, 0) is 11.2 Å². The van der Waals surface area contributed by atoms with Crippen LogP contribution in [0.3, 0.4) is 0 Å². The number of hydrogen-bond acceptors (Lipinski definition) is 2. The lowest BCUT2D eigenvalue weighted by Gasteiger charge is -2.21. The molecular formula is C23H28Br2O2. The Morgan fingerprint density at radius 1 is 1.30 bits per heavy atom. The molecule has 2 nitrogen and oxygen atoms in total. The van der Waals surface area contributed by atoms with Crippen molar-refractivity contribution in [2.75, 3.05) is 14.2 Å². The van der Waals surface area contributed by atoms with E-state index in [-0.39, 0.29) is 0 Å². The van der Waals surface area contributed by atoms with Crippen molar-refractivity contribution in [1.82, 2.24) is 0 Å². The fourth-order valence-electron chi connectivity index (χ4n) is 4.02. The zero-order valence-electron chi connectivity index (χ0n) is 16.4. The second-order valence-corrected chi connectivity index (χ2v) is 8.76. The molecule has 1 aliphatic rings. The standard InChI is InChI=1S/C23H28Br2O2/c1-5-8-16-15-20-21(25)13-14-22(27-4)23(20)19(16)10-7-9-17(24)11-12-18(6-2)26-3/h2,11-14,16,19H,5,7-10,15H2,1,3-4H3/b17-11+,18-12+. The SMILES string of the molecule is C#C/C(=C\C=C(\Br)CCCC1c2c(OC)ccc(Br)c2CC1CCC)OC. The van der Waals surface area contributed by atoms with Gasteiger partial charge in [-0.15, -0.1) is 6.42 Å². The van der Waals surface area contributed by atoms with Crippen molar-refractivity contribution in [3.05, 3.63) is 50.1 Å². The van der Waals surface area contributed by atoms with Gasteiger partial charge >= 0.3 is 0 Å². The maximum atomic E-state index is 5.70. The van der Waals surface area contributed by atoms with E-state index in [1.807, 2.05) is 12.2 Å². The quantitative estimate of drug-likeness (QED) is 0.206. The molecule has 1 aromatic carbocycles. The van der Waals surface area contributed by atoms with Crippen molar-refractivity contribution in [2.24, 2.45) is 5.92 Å². The largest absolute Gasteiger partial charge is 0.496 e. The van der Waals surface area contributed by atoms with Crippen molar-refractivity contribution in [3.8, 4) is 18.1 Å². The van der Waals surface area contributed by atoms with Crippen LogP contribution in [0.15, 0.2) is 39.0 Å². The summed E-state index contributed by atoms with van der Waals surface area (Å²) in [5.74, 6) is 5.34. The number of terminal acetylenes is 1. The van der Waals surface area contributed by atoms with Gasteiger partial charge in [-0.2, -0.15) is 0 Å². The molecule has 0 heterocycles. The molecule has 1 aliphatic carbocycles. The van der Waals surface area contributed by atoms with Gasteiger partial charge in [0.25, 0.3) is 0 Å². The van der Waals surface area contributed by atoms with Gasteiger partial charge in [0, 0.05) is 10.0 Å². The highest BCUT2D eigenvalue weighted by Crippen LogP contribution is 2.49. The molecule has 0 spiro atoms. The molecule has 2 unspecified atom stereocenters. The molecule has 0 aliphatic heterocycles. The second kappa shape index (κ2) is 11.0. The third kappa shape index (κ3) is 5.65. The predicted molar refractivity (Wildman–Crippen MR) is 120 cm³/mol. The van der Waals surface area contributed by atoms with Crippen molar-refractivity contribution in [1.29, 1.82) is 0 Å². The topological polar surface area (TPSA) is 18.5 Å². The zero-order chi connectivity index (χ0) is 19.8. The summed E-state index contributed by atoms with van der Waals surface area (Å²) in [7, 11) is 3.36. The summed E-state index contributed by atoms with van der Waals surface area (Å²) in [5, 5.41) is 0. The smallest absolute Gasteiger partial charge is 0.169 e. The van der Waals surface area contributed by atoms with Gasteiger partial charge in [0.1, 0.15) is 5.75 Å². The lowest BCUT2D eigenvalue weighted by molar-refractivity contribution is 0.311. The summed E-state index contributed by atoms with van der Waals surface area (Å²) < 4.78 is 13.2. The summed E-state index contributed by atoms with van der Waals surface area (Å²) >= 11 is 7.40. The van der Waals surface area contributed by atoms with Gasteiger partial charge in [0.2, 0.25) is 0 Å². The van der Waals surface area contributed by atoms with Crippen LogP contribution in [0, 0.1) is 18.3 Å². The van der Waals surface area contributed by atoms with E-state index >= 15 is 0 Å². The van der Waals surface area contributed by atoms with Crippen LogP contribution in [-0.4, -0.2) is 14.2 Å². The van der Waals surface area contributed by atoms with E-state index in [2.05, 4.69) is 56.8 Å². The highest BCUT2D eigenvalue weighted by Gasteiger charge is 2.35. The first-order chi connectivity index (χ1) is 13.0. The minimum atomic E-state index is 0.536. The molecular weight excluding hydrogens is 468 g/mol. The highest BCUT2D eigenvalue weighted by atomic mass is 79.9. The number of hydrogen-bond donors (Lipinski definition) is 0. The van der Waals surface area contributed by atoms with E-state index in [1.165, 1.54) is 28.4 Å². The molecule has 0 saturated carbocycles. The van der Waals surface area contributed by atoms with Gasteiger partial charge in [-0.05, 0) is 84.2 Å². The Kier molecular flexibility index (Phi) is 8.99. The van der Waals surface area contributed by atoms with Crippen LogP contribution in [0.4, 0.5) is 0 Å². The van der Waals surface area contributed by atoms with Crippen LogP contribution in [0.2, 0.25) is 0 Å². The zero-order valence-corrected chi connectivity index (χ0v) is 19.5. The summed E-state index contributed by atoms with van der Waals surface area (Å²) in [6.45, 7) is 2.27. The Balaban J connectivity index is 2.11. The molecule has 2 atom stereocenters. The molecule has 2 rings (SSSR count). The van der Waals surface area contributed by atoms with E-state index in [4.69, 9.17) is 15.9 Å². The molecule has 1 aromatic rings. The van der Waals surface area contributed by atoms with Crippen molar-refractivity contribution in [2.45, 2.75) is 51.4 Å². The summed E-state index contributed by atoms with van der Waals surface area (Å²) in [5.41, 5.74) is 2.86. The molecule has 146 valence electrons. The molecule has 0 amide bonds. The van der Waals surface area contributed by atoms with Crippen molar-refractivity contribution >= 4 is 31.9 Å². The van der Waals surface area contributed by atoms with E-state index in [1.54, 1.807) is 14.2 Å². The maximum absolute atomic E-state index is 5.70. The molecule has 4 heteroatoms. The fourth-order valence-corrected chi connectivity index (χ4v) is 4.94. The van der Waals surface area contributed by atoms with Crippen molar-refractivity contribution in [3.63, 3.8) is 0 Å². The van der Waals surface area contributed by atoms with Crippen LogP contribution in [0.25, 0.3) is 0 Å². The maximum Gasteiger partial charge on any atom is 0.169 e. The average Bonchev–Trinajstić information content (AvgIpc) is 3.03. The fraction of sp³-hybridized carbons (Fsp3) is 0.478. The van der Waals surface area contributed by atoms with Gasteiger partial charge < -0.3 is 9.47 Å². The Morgan fingerprint density at radius 2 is 2.07 bits per heavy atom. The van der Waals surface area contributed by atoms with Gasteiger partial charge in [-0.25, -0.2) is 0 Å². The third-order valence-electron chi connectivity index (χ3n) is 5.25. The number of ether oxygens (including phenoxy) is 2. The average molecular weight is 496 g/mol. The van der Waals surface area contributed by atoms with E-state index in [9.17, 15) is 0 Å². The number of halogens is 2. The molecule has 0 bridgehead atoms. The lowest BCUT2D eigenvalue weighted by atomic mass is 9.85. The first-order valence-corrected chi connectivity index (χ1v) is 11.1. The Hall–Kier alpha value is -1.18. The van der Waals surface area contributed by atoms with Crippen LogP contribution in [0.1, 0.15) is 56.1 Å². The third-order valence-corrected chi connectivity index (χ3v) is 6.66. The van der Waals surface area contributed by atoms with Crippen molar-refractivity contribution < 1.29 is 9.47 Å². The molecule has 27 heavy (non-hydrogen) atoms. The number of benzene rings is 1. The van der Waals surface area contributed by atoms with Gasteiger partial charge in [-0.3, -0.25) is 0 Å². The Morgan fingerprint density at radius 3 is 2.70 bits per heavy atom. The van der Waals surface area contributed by atoms with Gasteiger partial charge in [-0.1, -0.05) is 45.2 Å². The normalized spacial score (nSPS) is 19.6. The monoisotopic (exact) mass is 494 g/mol. The Bertz CT molecular complexity index is 743. The molecule has 0 saturated heterocycles. The highest BCUT2D eigenvalue weighted by molar-refractivity contribution is 9.11. The first kappa shape index (κ1) is 22.1. The lowest BCUT2D eigenvalue weighted by Crippen LogP contribution is -2.08. The minimum Gasteiger partial charge on any atom is -0.496 e. The summed E-state index contributed by atoms with van der Waals surface area (Å²) in [4.78, 5) is 0. The van der Waals surface area contributed by atoms with Crippen LogP contribution in [0.5, 0.6) is 5.75 Å². The summed E-state index contributed by atoms with van der Waals surface area (Å²) in [6.07, 6.45) is 16.1.